The molecule has 0 aliphatic rings. The number of rotatable bonds is 6. The van der Waals surface area contributed by atoms with Crippen molar-refractivity contribution in [2.24, 2.45) is 0 Å². The molecule has 1 unspecified atom stereocenters. The molecular formula is C15H17ClN2O3S. The van der Waals surface area contributed by atoms with Crippen LogP contribution in [0.3, 0.4) is 0 Å². The first-order valence-corrected chi connectivity index (χ1v) is 8.03. The normalized spacial score (nSPS) is 13.5. The van der Waals surface area contributed by atoms with Crippen LogP contribution in [-0.2, 0) is 5.60 Å². The molecule has 2 heterocycles. The molecule has 1 atom stereocenters. The van der Waals surface area contributed by atoms with Gasteiger partial charge >= 0.3 is 0 Å². The van der Waals surface area contributed by atoms with Gasteiger partial charge in [0, 0.05) is 4.88 Å². The molecule has 0 fully saturated rings. The van der Waals surface area contributed by atoms with E-state index >= 15 is 0 Å². The van der Waals surface area contributed by atoms with Gasteiger partial charge in [0.2, 0.25) is 5.88 Å². The van der Waals surface area contributed by atoms with Gasteiger partial charge in [0.05, 0.1) is 13.2 Å². The maximum absolute atomic E-state index is 12.3. The first kappa shape index (κ1) is 16.7. The molecule has 0 aliphatic carbocycles. The highest BCUT2D eigenvalue weighted by Crippen LogP contribution is 2.25. The molecule has 2 aromatic rings. The van der Waals surface area contributed by atoms with Gasteiger partial charge in [-0.1, -0.05) is 17.7 Å². The highest BCUT2D eigenvalue weighted by atomic mass is 35.5. The van der Waals surface area contributed by atoms with E-state index in [1.807, 2.05) is 17.5 Å². The van der Waals surface area contributed by atoms with Crippen molar-refractivity contribution in [3.05, 3.63) is 45.2 Å². The molecule has 22 heavy (non-hydrogen) atoms. The Balaban J connectivity index is 2.10. The average Bonchev–Trinajstić information content (AvgIpc) is 3.00. The quantitative estimate of drug-likeness (QED) is 0.793. The summed E-state index contributed by atoms with van der Waals surface area (Å²) in [4.78, 5) is 17.1. The average molecular weight is 341 g/mol. The van der Waals surface area contributed by atoms with Crippen LogP contribution in [0.5, 0.6) is 5.88 Å². The smallest absolute Gasteiger partial charge is 0.256 e. The first-order chi connectivity index (χ1) is 10.4. The maximum atomic E-state index is 12.3. The minimum atomic E-state index is -1.13. The Morgan fingerprint density at radius 2 is 2.27 bits per heavy atom. The third kappa shape index (κ3) is 3.97. The Morgan fingerprint density at radius 3 is 2.91 bits per heavy atom. The molecule has 118 valence electrons. The Labute approximate surface area is 137 Å². The third-order valence-electron chi connectivity index (χ3n) is 3.00. The lowest BCUT2D eigenvalue weighted by Gasteiger charge is -2.22. The summed E-state index contributed by atoms with van der Waals surface area (Å²) in [5.41, 5.74) is -0.844. The molecule has 0 spiro atoms. The molecular weight excluding hydrogens is 324 g/mol. The lowest BCUT2D eigenvalue weighted by molar-refractivity contribution is 0.0555. The van der Waals surface area contributed by atoms with E-state index in [1.165, 1.54) is 17.4 Å². The van der Waals surface area contributed by atoms with E-state index in [2.05, 4.69) is 10.3 Å². The van der Waals surface area contributed by atoms with Gasteiger partial charge in [-0.15, -0.1) is 11.3 Å². The lowest BCUT2D eigenvalue weighted by Crippen LogP contribution is -2.38. The Kier molecular flexibility index (Phi) is 5.39. The van der Waals surface area contributed by atoms with E-state index in [0.717, 1.165) is 4.88 Å². The molecule has 5 nitrogen and oxygen atoms in total. The molecule has 0 saturated carbocycles. The van der Waals surface area contributed by atoms with Crippen LogP contribution in [0.15, 0.2) is 29.6 Å². The van der Waals surface area contributed by atoms with Crippen LogP contribution >= 0.6 is 22.9 Å². The Hall–Kier alpha value is -1.63. The van der Waals surface area contributed by atoms with Crippen LogP contribution < -0.4 is 10.1 Å². The van der Waals surface area contributed by atoms with Gasteiger partial charge in [0.15, 0.2) is 0 Å². The van der Waals surface area contributed by atoms with E-state index in [9.17, 15) is 9.90 Å². The Morgan fingerprint density at radius 1 is 1.50 bits per heavy atom. The highest BCUT2D eigenvalue weighted by Gasteiger charge is 2.26. The van der Waals surface area contributed by atoms with Crippen molar-refractivity contribution in [3.63, 3.8) is 0 Å². The van der Waals surface area contributed by atoms with Gasteiger partial charge in [-0.25, -0.2) is 4.98 Å². The fourth-order valence-electron chi connectivity index (χ4n) is 1.86. The summed E-state index contributed by atoms with van der Waals surface area (Å²) >= 11 is 7.25. The zero-order valence-corrected chi connectivity index (χ0v) is 13.9. The fourth-order valence-corrected chi connectivity index (χ4v) is 2.78. The number of aromatic nitrogens is 1. The molecule has 2 aromatic heterocycles. The zero-order valence-electron chi connectivity index (χ0n) is 12.3. The zero-order chi connectivity index (χ0) is 16.2. The van der Waals surface area contributed by atoms with Crippen molar-refractivity contribution in [2.45, 2.75) is 19.4 Å². The van der Waals surface area contributed by atoms with Crippen molar-refractivity contribution in [1.29, 1.82) is 0 Å². The molecule has 0 aromatic carbocycles. The van der Waals surface area contributed by atoms with Gasteiger partial charge in [-0.05, 0) is 37.4 Å². The van der Waals surface area contributed by atoms with Crippen LogP contribution in [0.4, 0.5) is 0 Å². The monoisotopic (exact) mass is 340 g/mol. The van der Waals surface area contributed by atoms with Crippen LogP contribution in [0.25, 0.3) is 0 Å². The van der Waals surface area contributed by atoms with Gasteiger partial charge in [0.1, 0.15) is 16.3 Å². The topological polar surface area (TPSA) is 71.5 Å². The van der Waals surface area contributed by atoms with E-state index < -0.39 is 5.60 Å². The Bertz CT molecular complexity index is 644. The van der Waals surface area contributed by atoms with E-state index in [-0.39, 0.29) is 29.0 Å². The van der Waals surface area contributed by atoms with Crippen LogP contribution in [0.1, 0.15) is 29.1 Å². The third-order valence-corrected chi connectivity index (χ3v) is 4.33. The van der Waals surface area contributed by atoms with E-state index in [4.69, 9.17) is 16.3 Å². The SMILES string of the molecule is CCOc1nc(Cl)ccc1C(=O)NCC(C)(O)c1cccs1. The van der Waals surface area contributed by atoms with E-state index in [0.29, 0.717) is 6.61 Å². The maximum Gasteiger partial charge on any atom is 0.256 e. The van der Waals surface area contributed by atoms with Crippen molar-refractivity contribution in [2.75, 3.05) is 13.2 Å². The summed E-state index contributed by atoms with van der Waals surface area (Å²) in [6.07, 6.45) is 0. The number of nitrogens with one attached hydrogen (secondary N) is 1. The lowest BCUT2D eigenvalue weighted by atomic mass is 10.1. The molecule has 0 radical (unpaired) electrons. The fraction of sp³-hybridized carbons (Fsp3) is 0.333. The van der Waals surface area contributed by atoms with Gasteiger partial charge in [0.25, 0.3) is 5.91 Å². The van der Waals surface area contributed by atoms with Crippen LogP contribution in [-0.4, -0.2) is 29.1 Å². The number of carbonyl (C=O) groups is 1. The van der Waals surface area contributed by atoms with Crippen LogP contribution in [0, 0.1) is 0 Å². The number of halogens is 1. The molecule has 2 N–H and O–H groups in total. The second-order valence-corrected chi connectivity index (χ2v) is 6.19. The predicted molar refractivity (Wildman–Crippen MR) is 86.6 cm³/mol. The minimum Gasteiger partial charge on any atom is -0.477 e. The molecule has 7 heteroatoms. The number of ether oxygens (including phenoxy) is 1. The number of amides is 1. The van der Waals surface area contributed by atoms with Crippen molar-refractivity contribution >= 4 is 28.8 Å². The number of pyridine rings is 1. The predicted octanol–water partition coefficient (Wildman–Crippen LogP) is 2.83. The number of thiophene rings is 1. The summed E-state index contributed by atoms with van der Waals surface area (Å²) < 4.78 is 5.33. The number of nitrogens with zero attached hydrogens (tertiary/aromatic N) is 1. The number of hydrogen-bond donors (Lipinski definition) is 2. The van der Waals surface area contributed by atoms with Crippen molar-refractivity contribution in [3.8, 4) is 5.88 Å². The summed E-state index contributed by atoms with van der Waals surface area (Å²) in [6.45, 7) is 3.91. The molecule has 0 aliphatic heterocycles. The summed E-state index contributed by atoms with van der Waals surface area (Å²) in [5.74, 6) is -0.187. The van der Waals surface area contributed by atoms with Crippen molar-refractivity contribution < 1.29 is 14.6 Å². The summed E-state index contributed by atoms with van der Waals surface area (Å²) in [6, 6.07) is 6.75. The second kappa shape index (κ2) is 7.09. The van der Waals surface area contributed by atoms with E-state index in [1.54, 1.807) is 19.9 Å². The standard InChI is InChI=1S/C15H17ClN2O3S/c1-3-21-14-10(6-7-12(16)18-14)13(19)17-9-15(2,20)11-5-4-8-22-11/h4-8,20H,3,9H2,1-2H3,(H,17,19). The van der Waals surface area contributed by atoms with Crippen molar-refractivity contribution in [1.82, 2.24) is 10.3 Å². The minimum absolute atomic E-state index is 0.0839. The largest absolute Gasteiger partial charge is 0.477 e. The molecule has 0 saturated heterocycles. The van der Waals surface area contributed by atoms with Gasteiger partial charge in [-0.2, -0.15) is 0 Å². The molecule has 1 amide bonds. The second-order valence-electron chi connectivity index (χ2n) is 4.85. The number of hydrogen-bond acceptors (Lipinski definition) is 5. The summed E-state index contributed by atoms with van der Waals surface area (Å²) in [7, 11) is 0. The first-order valence-electron chi connectivity index (χ1n) is 6.78. The van der Waals surface area contributed by atoms with Crippen LogP contribution in [0.2, 0.25) is 5.15 Å². The van der Waals surface area contributed by atoms with Gasteiger partial charge in [-0.3, -0.25) is 4.79 Å². The summed E-state index contributed by atoms with van der Waals surface area (Å²) in [5, 5.41) is 15.2. The molecule has 2 rings (SSSR count). The number of carbonyl (C=O) groups excluding carboxylic acids is 1. The van der Waals surface area contributed by atoms with Gasteiger partial charge < -0.3 is 15.2 Å². The molecule has 0 bridgehead atoms. The number of aliphatic hydroxyl groups is 1. The highest BCUT2D eigenvalue weighted by molar-refractivity contribution is 7.10.